The summed E-state index contributed by atoms with van der Waals surface area (Å²) in [5.74, 6) is 5.90. The van der Waals surface area contributed by atoms with Crippen molar-refractivity contribution in [1.29, 1.82) is 0 Å². The van der Waals surface area contributed by atoms with Crippen LogP contribution < -0.4 is 5.73 Å². The highest BCUT2D eigenvalue weighted by atomic mass is 15.1. The number of rotatable bonds is 1. The Kier molecular flexibility index (Phi) is 3.19. The Morgan fingerprint density at radius 3 is 3.08 bits per heavy atom. The van der Waals surface area contributed by atoms with Crippen LogP contribution in [-0.4, -0.2) is 11.5 Å². The van der Waals surface area contributed by atoms with Crippen molar-refractivity contribution in [3.63, 3.8) is 0 Å². The normalized spacial score (nSPS) is 8.00. The molecule has 0 amide bonds. The fourth-order valence-corrected chi connectivity index (χ4v) is 0.688. The average Bonchev–Trinajstić information content (AvgIpc) is 2.15. The van der Waals surface area contributed by atoms with Crippen molar-refractivity contribution < 1.29 is 0 Å². The van der Waals surface area contributed by atoms with Gasteiger partial charge in [-0.1, -0.05) is 17.0 Å². The zero-order valence-corrected chi connectivity index (χ0v) is 6.81. The van der Waals surface area contributed by atoms with E-state index in [1.54, 1.807) is 18.3 Å². The third-order valence-corrected chi connectivity index (χ3v) is 1.23. The summed E-state index contributed by atoms with van der Waals surface area (Å²) in [6.07, 6.45) is 1.57. The molecular formula is C8H7N5. The molecule has 1 rings (SSSR count). The number of aromatic nitrogens is 1. The molecule has 0 fully saturated rings. The molecule has 0 saturated carbocycles. The molecule has 64 valence electrons. The summed E-state index contributed by atoms with van der Waals surface area (Å²) in [4.78, 5) is 6.42. The van der Waals surface area contributed by atoms with Crippen molar-refractivity contribution in [2.45, 2.75) is 0 Å². The van der Waals surface area contributed by atoms with Crippen LogP contribution in [0.25, 0.3) is 10.4 Å². The topological polar surface area (TPSA) is 87.7 Å². The van der Waals surface area contributed by atoms with E-state index in [0.717, 1.165) is 5.56 Å². The molecule has 0 aliphatic heterocycles. The SMILES string of the molecule is [N-]=[N+]=NCC#Cc1ccc(N)nc1. The van der Waals surface area contributed by atoms with Gasteiger partial charge in [-0.2, -0.15) is 0 Å². The van der Waals surface area contributed by atoms with E-state index in [1.165, 1.54) is 0 Å². The largest absolute Gasteiger partial charge is 0.384 e. The standard InChI is InChI=1S/C8H7N5/c9-8-4-3-7(6-11-8)2-1-5-12-13-10/h3-4,6H,5H2,(H2,9,11). The summed E-state index contributed by atoms with van der Waals surface area (Å²) < 4.78 is 0. The smallest absolute Gasteiger partial charge is 0.123 e. The molecule has 0 atom stereocenters. The van der Waals surface area contributed by atoms with Gasteiger partial charge in [0.1, 0.15) is 5.82 Å². The predicted molar refractivity (Wildman–Crippen MR) is 49.5 cm³/mol. The van der Waals surface area contributed by atoms with Crippen molar-refractivity contribution in [1.82, 2.24) is 4.98 Å². The second kappa shape index (κ2) is 4.65. The number of nitrogens with two attached hydrogens (primary N) is 1. The van der Waals surface area contributed by atoms with E-state index in [-0.39, 0.29) is 6.54 Å². The summed E-state index contributed by atoms with van der Waals surface area (Å²) in [5, 5.41) is 3.27. The Balaban J connectivity index is 2.66. The molecule has 0 radical (unpaired) electrons. The maximum absolute atomic E-state index is 7.96. The van der Waals surface area contributed by atoms with Crippen molar-refractivity contribution in [2.75, 3.05) is 12.3 Å². The number of nitrogens with zero attached hydrogens (tertiary/aromatic N) is 4. The molecule has 1 aromatic heterocycles. The van der Waals surface area contributed by atoms with Crippen LogP contribution >= 0.6 is 0 Å². The zero-order chi connectivity index (χ0) is 9.52. The summed E-state index contributed by atoms with van der Waals surface area (Å²) in [6.45, 7) is 0.168. The quantitative estimate of drug-likeness (QED) is 0.300. The van der Waals surface area contributed by atoms with Crippen molar-refractivity contribution >= 4 is 5.82 Å². The van der Waals surface area contributed by atoms with Gasteiger partial charge in [0.05, 0.1) is 6.54 Å². The summed E-state index contributed by atoms with van der Waals surface area (Å²) in [5.41, 5.74) is 14.1. The molecule has 0 saturated heterocycles. The molecule has 1 aromatic rings. The Morgan fingerprint density at radius 1 is 1.62 bits per heavy atom. The fourth-order valence-electron chi connectivity index (χ4n) is 0.688. The molecule has 5 heteroatoms. The fraction of sp³-hybridized carbons (Fsp3) is 0.125. The first-order chi connectivity index (χ1) is 6.33. The van der Waals surface area contributed by atoms with E-state index in [0.29, 0.717) is 5.82 Å². The number of azide groups is 1. The highest BCUT2D eigenvalue weighted by Gasteiger charge is 1.86. The van der Waals surface area contributed by atoms with Crippen molar-refractivity contribution in [3.05, 3.63) is 34.3 Å². The molecule has 5 nitrogen and oxygen atoms in total. The molecule has 2 N–H and O–H groups in total. The first-order valence-electron chi connectivity index (χ1n) is 3.54. The van der Waals surface area contributed by atoms with Gasteiger partial charge in [-0.3, -0.25) is 0 Å². The lowest BCUT2D eigenvalue weighted by atomic mass is 10.3. The van der Waals surface area contributed by atoms with E-state index >= 15 is 0 Å². The van der Waals surface area contributed by atoms with Crippen LogP contribution in [0.1, 0.15) is 5.56 Å². The number of hydrogen-bond donors (Lipinski definition) is 1. The third-order valence-electron chi connectivity index (χ3n) is 1.23. The molecular weight excluding hydrogens is 166 g/mol. The van der Waals surface area contributed by atoms with Crippen LogP contribution in [0, 0.1) is 11.8 Å². The summed E-state index contributed by atoms with van der Waals surface area (Å²) in [7, 11) is 0. The lowest BCUT2D eigenvalue weighted by molar-refractivity contribution is 1.25. The summed E-state index contributed by atoms with van der Waals surface area (Å²) >= 11 is 0. The van der Waals surface area contributed by atoms with Gasteiger partial charge in [-0.05, 0) is 17.7 Å². The van der Waals surface area contributed by atoms with E-state index in [1.807, 2.05) is 0 Å². The minimum atomic E-state index is 0.168. The van der Waals surface area contributed by atoms with Crippen LogP contribution in [0.4, 0.5) is 5.82 Å². The van der Waals surface area contributed by atoms with Crippen LogP contribution in [0.15, 0.2) is 23.4 Å². The maximum Gasteiger partial charge on any atom is 0.123 e. The van der Waals surface area contributed by atoms with Crippen LogP contribution in [-0.2, 0) is 0 Å². The lowest BCUT2D eigenvalue weighted by Crippen LogP contribution is -1.88. The Labute approximate surface area is 75.2 Å². The number of nitrogen functional groups attached to an aromatic ring is 1. The highest BCUT2D eigenvalue weighted by molar-refractivity contribution is 5.37. The Morgan fingerprint density at radius 2 is 2.46 bits per heavy atom. The van der Waals surface area contributed by atoms with E-state index in [2.05, 4.69) is 26.9 Å². The predicted octanol–water partition coefficient (Wildman–Crippen LogP) is 1.33. The van der Waals surface area contributed by atoms with E-state index in [9.17, 15) is 0 Å². The second-order valence-electron chi connectivity index (χ2n) is 2.16. The van der Waals surface area contributed by atoms with Gasteiger partial charge in [0.25, 0.3) is 0 Å². The van der Waals surface area contributed by atoms with E-state index in [4.69, 9.17) is 11.3 Å². The molecule has 0 spiro atoms. The third kappa shape index (κ3) is 3.14. The minimum Gasteiger partial charge on any atom is -0.384 e. The summed E-state index contributed by atoms with van der Waals surface area (Å²) in [6, 6.07) is 3.42. The van der Waals surface area contributed by atoms with Gasteiger partial charge < -0.3 is 5.73 Å². The molecule has 0 aromatic carbocycles. The molecule has 0 aliphatic carbocycles. The van der Waals surface area contributed by atoms with Gasteiger partial charge in [-0.25, -0.2) is 4.98 Å². The Hall–Kier alpha value is -2.18. The van der Waals surface area contributed by atoms with Gasteiger partial charge in [0.15, 0.2) is 0 Å². The van der Waals surface area contributed by atoms with E-state index < -0.39 is 0 Å². The Bertz CT molecular complexity index is 377. The van der Waals surface area contributed by atoms with Crippen LogP contribution in [0.3, 0.4) is 0 Å². The molecule has 1 heterocycles. The van der Waals surface area contributed by atoms with Crippen molar-refractivity contribution in [2.24, 2.45) is 5.11 Å². The molecule has 13 heavy (non-hydrogen) atoms. The zero-order valence-electron chi connectivity index (χ0n) is 6.81. The number of anilines is 1. The number of hydrogen-bond acceptors (Lipinski definition) is 3. The van der Waals surface area contributed by atoms with Gasteiger partial charge in [-0.15, -0.1) is 0 Å². The van der Waals surface area contributed by atoms with Crippen LogP contribution in [0.2, 0.25) is 0 Å². The molecule has 0 unspecified atom stereocenters. The first-order valence-corrected chi connectivity index (χ1v) is 3.54. The van der Waals surface area contributed by atoms with Crippen molar-refractivity contribution in [3.8, 4) is 11.8 Å². The van der Waals surface area contributed by atoms with Crippen LogP contribution in [0.5, 0.6) is 0 Å². The average molecular weight is 173 g/mol. The second-order valence-corrected chi connectivity index (χ2v) is 2.16. The van der Waals surface area contributed by atoms with Gasteiger partial charge in [0, 0.05) is 16.7 Å². The number of pyridine rings is 1. The maximum atomic E-state index is 7.96. The molecule has 0 bridgehead atoms. The highest BCUT2D eigenvalue weighted by Crippen LogP contribution is 1.98. The lowest BCUT2D eigenvalue weighted by Gasteiger charge is -1.90. The monoisotopic (exact) mass is 173 g/mol. The first kappa shape index (κ1) is 8.91. The molecule has 0 aliphatic rings. The van der Waals surface area contributed by atoms with Gasteiger partial charge in [0.2, 0.25) is 0 Å². The minimum absolute atomic E-state index is 0.168. The van der Waals surface area contributed by atoms with Gasteiger partial charge >= 0.3 is 0 Å².